The predicted molar refractivity (Wildman–Crippen MR) is 81.9 cm³/mol. The van der Waals surface area contributed by atoms with Crippen LogP contribution >= 0.6 is 0 Å². The molecular formula is C15H29N3O2. The normalized spacial score (nSPS) is 15.0. The summed E-state index contributed by atoms with van der Waals surface area (Å²) in [4.78, 5) is 15.7. The lowest BCUT2D eigenvalue weighted by atomic mass is 10.1. The van der Waals surface area contributed by atoms with Crippen LogP contribution in [0.4, 0.5) is 0 Å². The Balaban J connectivity index is 1.99. The van der Waals surface area contributed by atoms with Gasteiger partial charge in [0.2, 0.25) is 0 Å². The van der Waals surface area contributed by atoms with Crippen molar-refractivity contribution in [2.24, 2.45) is 4.99 Å². The van der Waals surface area contributed by atoms with E-state index in [1.165, 1.54) is 12.8 Å². The molecule has 1 rings (SSSR count). The van der Waals surface area contributed by atoms with Crippen LogP contribution in [0.2, 0.25) is 0 Å². The van der Waals surface area contributed by atoms with E-state index in [4.69, 9.17) is 4.74 Å². The first kappa shape index (κ1) is 16.8. The van der Waals surface area contributed by atoms with E-state index in [1.54, 1.807) is 0 Å². The van der Waals surface area contributed by atoms with Gasteiger partial charge >= 0.3 is 5.97 Å². The highest BCUT2D eigenvalue weighted by Gasteiger charge is 2.21. The summed E-state index contributed by atoms with van der Waals surface area (Å²) in [5.41, 5.74) is 0. The summed E-state index contributed by atoms with van der Waals surface area (Å²) >= 11 is 0. The lowest BCUT2D eigenvalue weighted by Gasteiger charge is -2.09. The van der Waals surface area contributed by atoms with Crippen LogP contribution in [0.15, 0.2) is 4.99 Å². The monoisotopic (exact) mass is 283 g/mol. The molecule has 0 amide bonds. The molecule has 0 aliphatic heterocycles. The second-order valence-corrected chi connectivity index (χ2v) is 5.15. The number of ether oxygens (including phenoxy) is 1. The minimum atomic E-state index is -0.0754. The molecule has 20 heavy (non-hydrogen) atoms. The molecule has 0 atom stereocenters. The molecule has 5 heteroatoms. The van der Waals surface area contributed by atoms with Gasteiger partial charge in [0.05, 0.1) is 6.61 Å². The van der Waals surface area contributed by atoms with E-state index in [-0.39, 0.29) is 5.97 Å². The number of carbonyl (C=O) groups excluding carboxylic acids is 1. The van der Waals surface area contributed by atoms with Gasteiger partial charge in [-0.2, -0.15) is 0 Å². The Hall–Kier alpha value is -1.26. The zero-order chi connectivity index (χ0) is 14.6. The number of carbonyl (C=O) groups is 1. The number of rotatable bonds is 10. The standard InChI is InChI=1S/C15H29N3O2/c1-3-16-15(18-13-10-11-13)17-12-8-6-5-7-9-14(19)20-4-2/h13H,3-12H2,1-2H3,(H2,16,17,18). The molecule has 0 aromatic rings. The minimum absolute atomic E-state index is 0.0754. The number of aliphatic imine (C=N–C) groups is 1. The maximum Gasteiger partial charge on any atom is 0.305 e. The van der Waals surface area contributed by atoms with Gasteiger partial charge in [-0.25, -0.2) is 0 Å². The predicted octanol–water partition coefficient (Wildman–Crippen LogP) is 2.22. The Morgan fingerprint density at radius 3 is 2.60 bits per heavy atom. The quantitative estimate of drug-likeness (QED) is 0.279. The van der Waals surface area contributed by atoms with E-state index in [2.05, 4.69) is 22.5 Å². The lowest BCUT2D eigenvalue weighted by molar-refractivity contribution is -0.143. The van der Waals surface area contributed by atoms with Gasteiger partial charge in [0.15, 0.2) is 5.96 Å². The van der Waals surface area contributed by atoms with Crippen molar-refractivity contribution in [3.8, 4) is 0 Å². The Morgan fingerprint density at radius 1 is 1.20 bits per heavy atom. The van der Waals surface area contributed by atoms with Crippen molar-refractivity contribution < 1.29 is 9.53 Å². The summed E-state index contributed by atoms with van der Waals surface area (Å²) in [6, 6.07) is 0.636. The first-order valence-corrected chi connectivity index (χ1v) is 7.96. The fourth-order valence-corrected chi connectivity index (χ4v) is 1.90. The van der Waals surface area contributed by atoms with Crippen molar-refractivity contribution in [2.45, 2.75) is 64.8 Å². The van der Waals surface area contributed by atoms with Crippen molar-refractivity contribution in [1.82, 2.24) is 10.6 Å². The third-order valence-corrected chi connectivity index (χ3v) is 3.13. The fraction of sp³-hybridized carbons (Fsp3) is 0.867. The Kier molecular flexibility index (Phi) is 8.83. The molecule has 1 fully saturated rings. The molecule has 2 N–H and O–H groups in total. The van der Waals surface area contributed by atoms with Gasteiger partial charge in [0.1, 0.15) is 0 Å². The Morgan fingerprint density at radius 2 is 1.95 bits per heavy atom. The number of esters is 1. The van der Waals surface area contributed by atoms with E-state index >= 15 is 0 Å². The highest BCUT2D eigenvalue weighted by Crippen LogP contribution is 2.18. The van der Waals surface area contributed by atoms with Crippen LogP contribution in [0.3, 0.4) is 0 Å². The van der Waals surface area contributed by atoms with Gasteiger partial charge < -0.3 is 15.4 Å². The third kappa shape index (κ3) is 8.77. The van der Waals surface area contributed by atoms with Crippen molar-refractivity contribution in [3.05, 3.63) is 0 Å². The Labute approximate surface area is 122 Å². The van der Waals surface area contributed by atoms with E-state index < -0.39 is 0 Å². The van der Waals surface area contributed by atoms with Crippen molar-refractivity contribution in [1.29, 1.82) is 0 Å². The molecule has 0 radical (unpaired) electrons. The van der Waals surface area contributed by atoms with E-state index in [9.17, 15) is 4.79 Å². The molecule has 0 saturated heterocycles. The third-order valence-electron chi connectivity index (χ3n) is 3.13. The second-order valence-electron chi connectivity index (χ2n) is 5.15. The number of hydrogen-bond donors (Lipinski definition) is 2. The van der Waals surface area contributed by atoms with E-state index in [0.29, 0.717) is 19.1 Å². The summed E-state index contributed by atoms with van der Waals surface area (Å²) in [6.07, 6.45) is 7.25. The van der Waals surface area contributed by atoms with Crippen LogP contribution in [-0.2, 0) is 9.53 Å². The van der Waals surface area contributed by atoms with E-state index in [0.717, 1.165) is 44.7 Å². The summed E-state index contributed by atoms with van der Waals surface area (Å²) < 4.78 is 4.89. The number of nitrogens with one attached hydrogen (secondary N) is 2. The average Bonchev–Trinajstić information content (AvgIpc) is 3.22. The van der Waals surface area contributed by atoms with Gasteiger partial charge in [-0.1, -0.05) is 12.8 Å². The molecule has 0 unspecified atom stereocenters. The van der Waals surface area contributed by atoms with Gasteiger partial charge in [-0.3, -0.25) is 9.79 Å². The average molecular weight is 283 g/mol. The molecule has 1 aliphatic carbocycles. The van der Waals surface area contributed by atoms with Crippen LogP contribution in [0.1, 0.15) is 58.8 Å². The van der Waals surface area contributed by atoms with Crippen LogP contribution in [0, 0.1) is 0 Å². The zero-order valence-electron chi connectivity index (χ0n) is 12.9. The van der Waals surface area contributed by atoms with Crippen LogP contribution in [0.5, 0.6) is 0 Å². The number of nitrogens with zero attached hydrogens (tertiary/aromatic N) is 1. The maximum atomic E-state index is 11.1. The highest BCUT2D eigenvalue weighted by atomic mass is 16.5. The Bertz CT molecular complexity index is 301. The molecule has 1 saturated carbocycles. The molecule has 0 heterocycles. The smallest absolute Gasteiger partial charge is 0.305 e. The molecule has 0 aromatic carbocycles. The van der Waals surface area contributed by atoms with Crippen LogP contribution in [0.25, 0.3) is 0 Å². The largest absolute Gasteiger partial charge is 0.466 e. The minimum Gasteiger partial charge on any atom is -0.466 e. The SMILES string of the molecule is CCNC(=NCCCCCCC(=O)OCC)NC1CC1. The van der Waals surface area contributed by atoms with Crippen LogP contribution < -0.4 is 10.6 Å². The summed E-state index contributed by atoms with van der Waals surface area (Å²) in [5, 5.41) is 6.66. The highest BCUT2D eigenvalue weighted by molar-refractivity contribution is 5.80. The maximum absolute atomic E-state index is 11.1. The summed E-state index contributed by atoms with van der Waals surface area (Å²) in [6.45, 7) is 6.15. The topological polar surface area (TPSA) is 62.7 Å². The first-order valence-electron chi connectivity index (χ1n) is 7.96. The first-order chi connectivity index (χ1) is 9.76. The molecular weight excluding hydrogens is 254 g/mol. The van der Waals surface area contributed by atoms with Crippen LogP contribution in [-0.4, -0.2) is 37.7 Å². The number of hydrogen-bond acceptors (Lipinski definition) is 3. The van der Waals surface area contributed by atoms with Gasteiger partial charge in [-0.15, -0.1) is 0 Å². The molecule has 0 aromatic heterocycles. The second kappa shape index (κ2) is 10.5. The summed E-state index contributed by atoms with van der Waals surface area (Å²) in [5.74, 6) is 0.870. The number of guanidine groups is 1. The molecule has 0 bridgehead atoms. The molecule has 0 spiro atoms. The lowest BCUT2D eigenvalue weighted by Crippen LogP contribution is -2.38. The number of unbranched alkanes of at least 4 members (excludes halogenated alkanes) is 3. The van der Waals surface area contributed by atoms with E-state index in [1.807, 2.05) is 6.92 Å². The molecule has 5 nitrogen and oxygen atoms in total. The van der Waals surface area contributed by atoms with Gasteiger partial charge in [0, 0.05) is 25.6 Å². The van der Waals surface area contributed by atoms with Gasteiger partial charge in [-0.05, 0) is 39.5 Å². The zero-order valence-corrected chi connectivity index (χ0v) is 12.9. The van der Waals surface area contributed by atoms with Crippen molar-refractivity contribution in [2.75, 3.05) is 19.7 Å². The summed E-state index contributed by atoms with van der Waals surface area (Å²) in [7, 11) is 0. The molecule has 116 valence electrons. The fourth-order valence-electron chi connectivity index (χ4n) is 1.90. The van der Waals surface area contributed by atoms with Crippen molar-refractivity contribution >= 4 is 11.9 Å². The van der Waals surface area contributed by atoms with Gasteiger partial charge in [0.25, 0.3) is 0 Å². The van der Waals surface area contributed by atoms with Crippen molar-refractivity contribution in [3.63, 3.8) is 0 Å². The molecule has 1 aliphatic rings.